The molecule has 13 heavy (non-hydrogen) atoms. The van der Waals surface area contributed by atoms with Crippen LogP contribution in [-0.2, 0) is 9.59 Å². The summed E-state index contributed by atoms with van der Waals surface area (Å²) in [7, 11) is 0. The molecule has 3 amide bonds. The second-order valence-corrected chi connectivity index (χ2v) is 3.46. The van der Waals surface area contributed by atoms with E-state index < -0.39 is 18.0 Å². The minimum Gasteiger partial charge on any atom is -0.319 e. The van der Waals surface area contributed by atoms with Gasteiger partial charge in [-0.15, -0.1) is 0 Å². The number of hydrogen-bond donors (Lipinski definition) is 2. The van der Waals surface area contributed by atoms with Crippen molar-refractivity contribution in [3.05, 3.63) is 0 Å². The van der Waals surface area contributed by atoms with Crippen LogP contribution >= 0.6 is 0 Å². The Morgan fingerprint density at radius 2 is 2.08 bits per heavy atom. The van der Waals surface area contributed by atoms with Crippen LogP contribution in [-0.4, -0.2) is 23.8 Å². The van der Waals surface area contributed by atoms with E-state index in [0.717, 1.165) is 0 Å². The Morgan fingerprint density at radius 1 is 1.46 bits per heavy atom. The van der Waals surface area contributed by atoms with Crippen molar-refractivity contribution in [1.29, 1.82) is 0 Å². The fourth-order valence-electron chi connectivity index (χ4n) is 1.16. The van der Waals surface area contributed by atoms with E-state index in [4.69, 9.17) is 0 Å². The molecule has 0 saturated carbocycles. The summed E-state index contributed by atoms with van der Waals surface area (Å²) < 4.78 is 0. The van der Waals surface area contributed by atoms with Gasteiger partial charge in [0.05, 0.1) is 0 Å². The number of carbonyl (C=O) groups excluding carboxylic acids is 3. The molecule has 72 valence electrons. The number of ketones is 1. The molecule has 1 rings (SSSR count). The van der Waals surface area contributed by atoms with Crippen LogP contribution in [0.1, 0.15) is 20.3 Å². The Hall–Kier alpha value is -1.39. The van der Waals surface area contributed by atoms with E-state index in [1.807, 2.05) is 19.2 Å². The lowest BCUT2D eigenvalue weighted by molar-refractivity contribution is -0.129. The number of hydrogen-bond acceptors (Lipinski definition) is 3. The van der Waals surface area contributed by atoms with E-state index in [0.29, 0.717) is 6.42 Å². The minimum absolute atomic E-state index is 0.192. The van der Waals surface area contributed by atoms with E-state index >= 15 is 0 Å². The van der Waals surface area contributed by atoms with Crippen molar-refractivity contribution in [2.45, 2.75) is 26.3 Å². The smallest absolute Gasteiger partial charge is 0.319 e. The molecule has 1 aliphatic rings. The lowest BCUT2D eigenvalue weighted by Gasteiger charge is -2.07. The van der Waals surface area contributed by atoms with Gasteiger partial charge in [0.25, 0.3) is 5.91 Å². The first-order valence-corrected chi connectivity index (χ1v) is 4.14. The van der Waals surface area contributed by atoms with Crippen molar-refractivity contribution >= 4 is 17.7 Å². The van der Waals surface area contributed by atoms with Gasteiger partial charge in [0, 0.05) is 6.42 Å². The molecule has 1 aliphatic heterocycles. The first kappa shape index (κ1) is 9.70. The van der Waals surface area contributed by atoms with Crippen molar-refractivity contribution in [2.24, 2.45) is 5.92 Å². The minimum atomic E-state index is -0.977. The van der Waals surface area contributed by atoms with Crippen LogP contribution in [0.25, 0.3) is 0 Å². The van der Waals surface area contributed by atoms with Gasteiger partial charge in [-0.3, -0.25) is 14.9 Å². The van der Waals surface area contributed by atoms with Gasteiger partial charge in [0.2, 0.25) is 0 Å². The molecule has 1 fully saturated rings. The first-order chi connectivity index (χ1) is 6.00. The fourth-order valence-corrected chi connectivity index (χ4v) is 1.16. The van der Waals surface area contributed by atoms with Crippen molar-refractivity contribution in [2.75, 3.05) is 0 Å². The highest BCUT2D eigenvalue weighted by molar-refractivity contribution is 6.16. The zero-order valence-electron chi connectivity index (χ0n) is 7.59. The molecule has 0 aromatic heterocycles. The summed E-state index contributed by atoms with van der Waals surface area (Å²) in [5, 5.41) is 4.27. The molecule has 1 unspecified atom stereocenters. The summed E-state index contributed by atoms with van der Waals surface area (Å²) in [5.74, 6) is -0.591. The zero-order valence-corrected chi connectivity index (χ0v) is 7.59. The Kier molecular flexibility index (Phi) is 2.65. The maximum absolute atomic E-state index is 11.3. The number of nitrogens with one attached hydrogen (secondary N) is 2. The maximum Gasteiger partial charge on any atom is 0.322 e. The summed E-state index contributed by atoms with van der Waals surface area (Å²) in [5.41, 5.74) is 0. The zero-order chi connectivity index (χ0) is 10.0. The predicted molar refractivity (Wildman–Crippen MR) is 44.9 cm³/mol. The van der Waals surface area contributed by atoms with Gasteiger partial charge in [-0.1, -0.05) is 13.8 Å². The van der Waals surface area contributed by atoms with Crippen LogP contribution in [0.15, 0.2) is 0 Å². The van der Waals surface area contributed by atoms with E-state index in [9.17, 15) is 14.4 Å². The summed E-state index contributed by atoms with van der Waals surface area (Å²) in [6.07, 6.45) is 0.304. The quantitative estimate of drug-likeness (QED) is 0.471. The summed E-state index contributed by atoms with van der Waals surface area (Å²) in [4.78, 5) is 33.0. The van der Waals surface area contributed by atoms with E-state index in [2.05, 4.69) is 5.32 Å². The first-order valence-electron chi connectivity index (χ1n) is 4.14. The van der Waals surface area contributed by atoms with Crippen molar-refractivity contribution in [1.82, 2.24) is 10.6 Å². The standard InChI is InChI=1S/C8H12N2O3/c1-4(2)3-5(11)6-7(12)10-8(13)9-6/h4,6H,3H2,1-2H3,(H2,9,10,12,13). The number of imide groups is 1. The molecule has 5 heteroatoms. The maximum atomic E-state index is 11.3. The average Bonchev–Trinajstić information content (AvgIpc) is 2.28. The highest BCUT2D eigenvalue weighted by atomic mass is 16.2. The van der Waals surface area contributed by atoms with Gasteiger partial charge in [0.15, 0.2) is 11.8 Å². The molecule has 0 aromatic rings. The predicted octanol–water partition coefficient (Wildman–Crippen LogP) is -0.190. The molecular formula is C8H12N2O3. The summed E-state index contributed by atoms with van der Waals surface area (Å²) in [6.45, 7) is 3.76. The van der Waals surface area contributed by atoms with Gasteiger partial charge in [-0.25, -0.2) is 4.79 Å². The van der Waals surface area contributed by atoms with Gasteiger partial charge < -0.3 is 5.32 Å². The molecule has 0 aromatic carbocycles. The molecule has 2 N–H and O–H groups in total. The highest BCUT2D eigenvalue weighted by Gasteiger charge is 2.34. The van der Waals surface area contributed by atoms with Crippen LogP contribution in [0.3, 0.4) is 0 Å². The third-order valence-electron chi connectivity index (χ3n) is 1.71. The third-order valence-corrected chi connectivity index (χ3v) is 1.71. The van der Waals surface area contributed by atoms with Gasteiger partial charge in [0.1, 0.15) is 0 Å². The molecule has 0 bridgehead atoms. The number of amides is 3. The number of rotatable bonds is 3. The largest absolute Gasteiger partial charge is 0.322 e. The van der Waals surface area contributed by atoms with Gasteiger partial charge in [-0.05, 0) is 5.92 Å². The molecule has 0 radical (unpaired) electrons. The van der Waals surface area contributed by atoms with Crippen molar-refractivity contribution in [3.8, 4) is 0 Å². The SMILES string of the molecule is CC(C)CC(=O)C1NC(=O)NC1=O. The Balaban J connectivity index is 2.57. The topological polar surface area (TPSA) is 75.3 Å². The average molecular weight is 184 g/mol. The lowest BCUT2D eigenvalue weighted by Crippen LogP contribution is -2.37. The lowest BCUT2D eigenvalue weighted by atomic mass is 10.0. The monoisotopic (exact) mass is 184 g/mol. The molecule has 0 aliphatic carbocycles. The van der Waals surface area contributed by atoms with Crippen LogP contribution in [0, 0.1) is 5.92 Å². The molecule has 5 nitrogen and oxygen atoms in total. The second-order valence-electron chi connectivity index (χ2n) is 3.46. The summed E-state index contributed by atoms with van der Waals surface area (Å²) >= 11 is 0. The summed E-state index contributed by atoms with van der Waals surface area (Å²) in [6, 6.07) is -1.57. The van der Waals surface area contributed by atoms with E-state index in [1.54, 1.807) is 0 Å². The van der Waals surface area contributed by atoms with Crippen LogP contribution in [0.4, 0.5) is 4.79 Å². The van der Waals surface area contributed by atoms with Gasteiger partial charge in [-0.2, -0.15) is 0 Å². The van der Waals surface area contributed by atoms with E-state index in [1.165, 1.54) is 0 Å². The van der Waals surface area contributed by atoms with Crippen LogP contribution in [0.2, 0.25) is 0 Å². The van der Waals surface area contributed by atoms with Crippen molar-refractivity contribution in [3.63, 3.8) is 0 Å². The molecule has 0 spiro atoms. The van der Waals surface area contributed by atoms with Crippen LogP contribution < -0.4 is 10.6 Å². The molecule has 1 atom stereocenters. The molecule has 1 heterocycles. The Labute approximate surface area is 75.9 Å². The fraction of sp³-hybridized carbons (Fsp3) is 0.625. The molecule has 1 saturated heterocycles. The van der Waals surface area contributed by atoms with Crippen molar-refractivity contribution < 1.29 is 14.4 Å². The Bertz CT molecular complexity index is 260. The second kappa shape index (κ2) is 3.55. The number of Topliss-reactive ketones (excluding diaryl/α,β-unsaturated/α-hetero) is 1. The number of urea groups is 1. The van der Waals surface area contributed by atoms with E-state index in [-0.39, 0.29) is 11.7 Å². The normalized spacial score (nSPS) is 21.6. The van der Waals surface area contributed by atoms with Crippen LogP contribution in [0.5, 0.6) is 0 Å². The Morgan fingerprint density at radius 3 is 2.46 bits per heavy atom. The molecular weight excluding hydrogens is 172 g/mol. The van der Waals surface area contributed by atoms with Gasteiger partial charge >= 0.3 is 6.03 Å². The highest BCUT2D eigenvalue weighted by Crippen LogP contribution is 2.05. The number of carbonyl (C=O) groups is 3. The third kappa shape index (κ3) is 2.27.